The number of halogens is 1. The van der Waals surface area contributed by atoms with Gasteiger partial charge in [0.2, 0.25) is 11.1 Å². The van der Waals surface area contributed by atoms with Crippen molar-refractivity contribution >= 4 is 17.7 Å². The highest BCUT2D eigenvalue weighted by molar-refractivity contribution is 8.00. The van der Waals surface area contributed by atoms with Crippen molar-refractivity contribution in [3.8, 4) is 0 Å². The molecule has 110 valence electrons. The number of nitrogens with one attached hydrogen (secondary N) is 1. The van der Waals surface area contributed by atoms with Gasteiger partial charge in [-0.3, -0.25) is 4.79 Å². The van der Waals surface area contributed by atoms with Gasteiger partial charge in [0.1, 0.15) is 11.1 Å². The quantitative estimate of drug-likeness (QED) is 0.847. The third kappa shape index (κ3) is 3.38. The highest BCUT2D eigenvalue weighted by Gasteiger charge is 2.30. The van der Waals surface area contributed by atoms with E-state index in [0.717, 1.165) is 18.4 Å². The van der Waals surface area contributed by atoms with Crippen molar-refractivity contribution in [2.45, 2.75) is 29.3 Å². The first-order valence-electron chi connectivity index (χ1n) is 6.58. The second-order valence-electron chi connectivity index (χ2n) is 4.92. The van der Waals surface area contributed by atoms with Crippen LogP contribution in [0, 0.1) is 5.82 Å². The number of carbonyl (C=O) groups excluding carboxylic acids is 1. The molecule has 0 saturated heterocycles. The molecule has 6 nitrogen and oxygen atoms in total. The lowest BCUT2D eigenvalue weighted by molar-refractivity contribution is -0.120. The Morgan fingerprint density at radius 3 is 2.71 bits per heavy atom. The number of thioether (sulfide) groups is 1. The fourth-order valence-corrected chi connectivity index (χ4v) is 2.79. The van der Waals surface area contributed by atoms with E-state index in [1.54, 1.807) is 19.2 Å². The van der Waals surface area contributed by atoms with E-state index in [0.29, 0.717) is 5.16 Å². The Bertz CT molecular complexity index is 640. The molecule has 1 unspecified atom stereocenters. The summed E-state index contributed by atoms with van der Waals surface area (Å²) in [5.74, 6) is -0.428. The molecule has 1 saturated carbocycles. The maximum Gasteiger partial charge on any atom is 0.238 e. The zero-order valence-electron chi connectivity index (χ0n) is 11.4. The number of rotatable bonds is 5. The molecule has 2 aromatic rings. The first-order valence-corrected chi connectivity index (χ1v) is 7.46. The van der Waals surface area contributed by atoms with Crippen LogP contribution in [0.3, 0.4) is 0 Å². The molecule has 0 bridgehead atoms. The fourth-order valence-electron chi connectivity index (χ4n) is 1.84. The molecular formula is C13H14FN5OS. The summed E-state index contributed by atoms with van der Waals surface area (Å²) < 4.78 is 14.6. The van der Waals surface area contributed by atoms with Crippen molar-refractivity contribution in [3.63, 3.8) is 0 Å². The Morgan fingerprint density at radius 2 is 2.14 bits per heavy atom. The zero-order chi connectivity index (χ0) is 14.8. The standard InChI is InChI=1S/C13H14FN5OS/c1-19-13(16-17-18-19)21-11(12(20)15-10-6-7-10)8-2-4-9(14)5-3-8/h2-5,10-11H,6-7H2,1H3,(H,15,20). The molecule has 1 aromatic carbocycles. The maximum atomic E-state index is 13.1. The van der Waals surface area contributed by atoms with Crippen molar-refractivity contribution in [2.24, 2.45) is 7.05 Å². The number of aryl methyl sites for hydroxylation is 1. The van der Waals surface area contributed by atoms with E-state index < -0.39 is 5.25 Å². The predicted molar refractivity (Wildman–Crippen MR) is 75.0 cm³/mol. The number of hydrogen-bond acceptors (Lipinski definition) is 5. The number of benzene rings is 1. The Kier molecular flexibility index (Phi) is 3.87. The number of carbonyl (C=O) groups is 1. The molecule has 1 aliphatic carbocycles. The highest BCUT2D eigenvalue weighted by Crippen LogP contribution is 2.34. The minimum absolute atomic E-state index is 0.0999. The summed E-state index contributed by atoms with van der Waals surface area (Å²) in [7, 11) is 1.71. The van der Waals surface area contributed by atoms with Gasteiger partial charge in [0.25, 0.3) is 0 Å². The molecule has 3 rings (SSSR count). The fraction of sp³-hybridized carbons (Fsp3) is 0.385. The highest BCUT2D eigenvalue weighted by atomic mass is 32.2. The molecule has 8 heteroatoms. The maximum absolute atomic E-state index is 13.1. The minimum atomic E-state index is -0.504. The third-order valence-electron chi connectivity index (χ3n) is 3.14. The van der Waals surface area contributed by atoms with Crippen LogP contribution in [-0.2, 0) is 11.8 Å². The van der Waals surface area contributed by atoms with Gasteiger partial charge >= 0.3 is 0 Å². The van der Waals surface area contributed by atoms with Gasteiger partial charge in [-0.15, -0.1) is 5.10 Å². The number of tetrazole rings is 1. The Balaban J connectivity index is 1.84. The predicted octanol–water partition coefficient (Wildman–Crippen LogP) is 1.46. The smallest absolute Gasteiger partial charge is 0.238 e. The van der Waals surface area contributed by atoms with Crippen LogP contribution >= 0.6 is 11.8 Å². The van der Waals surface area contributed by atoms with Crippen molar-refractivity contribution in [3.05, 3.63) is 35.6 Å². The van der Waals surface area contributed by atoms with Crippen molar-refractivity contribution < 1.29 is 9.18 Å². The van der Waals surface area contributed by atoms with Crippen molar-refractivity contribution in [2.75, 3.05) is 0 Å². The molecule has 1 aliphatic rings. The Morgan fingerprint density at radius 1 is 1.43 bits per heavy atom. The van der Waals surface area contributed by atoms with Crippen LogP contribution in [0.25, 0.3) is 0 Å². The first kappa shape index (κ1) is 14.0. The second kappa shape index (κ2) is 5.80. The van der Waals surface area contributed by atoms with Gasteiger partial charge in [0, 0.05) is 13.1 Å². The molecule has 0 spiro atoms. The largest absolute Gasteiger partial charge is 0.352 e. The molecule has 1 aromatic heterocycles. The van der Waals surface area contributed by atoms with Gasteiger partial charge in [0.15, 0.2) is 0 Å². The van der Waals surface area contributed by atoms with Crippen molar-refractivity contribution in [1.29, 1.82) is 0 Å². The molecule has 21 heavy (non-hydrogen) atoms. The van der Waals surface area contributed by atoms with Crippen LogP contribution < -0.4 is 5.32 Å². The van der Waals surface area contributed by atoms with E-state index in [1.165, 1.54) is 28.6 Å². The van der Waals surface area contributed by atoms with Gasteiger partial charge in [-0.1, -0.05) is 23.9 Å². The van der Waals surface area contributed by atoms with E-state index >= 15 is 0 Å². The van der Waals surface area contributed by atoms with E-state index in [4.69, 9.17) is 0 Å². The van der Waals surface area contributed by atoms with Crippen molar-refractivity contribution in [1.82, 2.24) is 25.5 Å². The SMILES string of the molecule is Cn1nnnc1SC(C(=O)NC1CC1)c1ccc(F)cc1. The van der Waals surface area contributed by atoms with Gasteiger partial charge in [-0.25, -0.2) is 9.07 Å². The lowest BCUT2D eigenvalue weighted by Crippen LogP contribution is -2.30. The van der Waals surface area contributed by atoms with Gasteiger partial charge < -0.3 is 5.32 Å². The summed E-state index contributed by atoms with van der Waals surface area (Å²) in [4.78, 5) is 12.4. The molecule has 0 aliphatic heterocycles. The summed E-state index contributed by atoms with van der Waals surface area (Å²) in [5.41, 5.74) is 0.725. The average molecular weight is 307 g/mol. The summed E-state index contributed by atoms with van der Waals surface area (Å²) >= 11 is 1.25. The summed E-state index contributed by atoms with van der Waals surface area (Å²) in [6.07, 6.45) is 2.02. The molecule has 1 fully saturated rings. The summed E-state index contributed by atoms with van der Waals surface area (Å²) in [6.45, 7) is 0. The molecule has 1 N–H and O–H groups in total. The van der Waals surface area contributed by atoms with Gasteiger partial charge in [-0.05, 0) is 41.0 Å². The summed E-state index contributed by atoms with van der Waals surface area (Å²) in [6, 6.07) is 6.19. The first-order chi connectivity index (χ1) is 10.1. The molecule has 0 radical (unpaired) electrons. The second-order valence-corrected chi connectivity index (χ2v) is 5.99. The third-order valence-corrected chi connectivity index (χ3v) is 4.42. The topological polar surface area (TPSA) is 72.7 Å². The van der Waals surface area contributed by atoms with Crippen LogP contribution in [-0.4, -0.2) is 32.2 Å². The normalized spacial score (nSPS) is 15.7. The van der Waals surface area contributed by atoms with Crippen LogP contribution in [0.15, 0.2) is 29.4 Å². The Hall–Kier alpha value is -1.96. The average Bonchev–Trinajstić information content (AvgIpc) is 3.18. The minimum Gasteiger partial charge on any atom is -0.352 e. The number of hydrogen-bond donors (Lipinski definition) is 1. The molecule has 1 atom stereocenters. The Labute approximate surface area is 125 Å². The molecule has 1 amide bonds. The van der Waals surface area contributed by atoms with E-state index in [9.17, 15) is 9.18 Å². The van der Waals surface area contributed by atoms with E-state index in [-0.39, 0.29) is 17.8 Å². The van der Waals surface area contributed by atoms with Crippen LogP contribution in [0.1, 0.15) is 23.7 Å². The number of nitrogens with zero attached hydrogens (tertiary/aromatic N) is 4. The van der Waals surface area contributed by atoms with Crippen LogP contribution in [0.5, 0.6) is 0 Å². The number of amides is 1. The molecular weight excluding hydrogens is 293 g/mol. The van der Waals surface area contributed by atoms with E-state index in [2.05, 4.69) is 20.8 Å². The van der Waals surface area contributed by atoms with E-state index in [1.807, 2.05) is 0 Å². The monoisotopic (exact) mass is 307 g/mol. The van der Waals surface area contributed by atoms with Gasteiger partial charge in [0.05, 0.1) is 0 Å². The lowest BCUT2D eigenvalue weighted by atomic mass is 10.1. The number of aromatic nitrogens is 4. The zero-order valence-corrected chi connectivity index (χ0v) is 12.2. The molecule has 1 heterocycles. The van der Waals surface area contributed by atoms with Crippen LogP contribution in [0.2, 0.25) is 0 Å². The van der Waals surface area contributed by atoms with Crippen LogP contribution in [0.4, 0.5) is 4.39 Å². The van der Waals surface area contributed by atoms with Gasteiger partial charge in [-0.2, -0.15) is 0 Å². The lowest BCUT2D eigenvalue weighted by Gasteiger charge is -2.15. The summed E-state index contributed by atoms with van der Waals surface area (Å²) in [5, 5.41) is 14.2.